The first-order valence-electron chi connectivity index (χ1n) is 40.6. The van der Waals surface area contributed by atoms with E-state index in [1.165, 1.54) is 153 Å². The number of benzene rings is 3. The number of hydrogen-bond donors (Lipinski definition) is 0. The molecule has 3 aromatic carbocycles. The number of fused-ring (bicyclic) bond motifs is 3. The number of rotatable bonds is 16. The second-order valence-electron chi connectivity index (χ2n) is 43.0. The van der Waals surface area contributed by atoms with Gasteiger partial charge in [-0.05, 0) is 221 Å². The summed E-state index contributed by atoms with van der Waals surface area (Å²) >= 11 is 0. The predicted molar refractivity (Wildman–Crippen MR) is 458 cm³/mol. The topological polar surface area (TPSA) is 64.2 Å². The number of aldehydes is 1. The molecule has 103 heavy (non-hydrogen) atoms. The first-order valence-corrected chi connectivity index (χ1v) is 55.5. The summed E-state index contributed by atoms with van der Waals surface area (Å²) in [5.41, 5.74) is 19.4. The zero-order valence-corrected chi connectivity index (χ0v) is 74.6. The zero-order chi connectivity index (χ0) is 76.3. The van der Waals surface area contributed by atoms with Crippen LogP contribution in [-0.4, -0.2) is 77.9 Å². The number of anilines is 3. The van der Waals surface area contributed by atoms with Crippen molar-refractivity contribution in [2.45, 2.75) is 323 Å². The molecule has 0 saturated heterocycles. The number of carbonyl (C=O) groups excluding carboxylic acids is 1. The van der Waals surface area contributed by atoms with Crippen molar-refractivity contribution in [1.29, 1.82) is 5.26 Å². The molecule has 564 valence electrons. The molecule has 3 saturated carbocycles. The van der Waals surface area contributed by atoms with E-state index >= 15 is 0 Å². The predicted octanol–water partition coefficient (Wildman–Crippen LogP) is 25.8. The molecule has 11 heteroatoms. The number of hydrogen-bond acceptors (Lipinski definition) is 6. The lowest BCUT2D eigenvalue weighted by Crippen LogP contribution is -2.50. The Morgan fingerprint density at radius 2 is 0.913 bits per heavy atom. The molecule has 7 nitrogen and oxygen atoms in total. The largest absolute Gasteiger partial charge is 0.461 e. The summed E-state index contributed by atoms with van der Waals surface area (Å²) in [4.78, 5) is 23.2. The van der Waals surface area contributed by atoms with Gasteiger partial charge in [-0.15, -0.1) is 0 Å². The SMILES string of the molecule is CC(C)=CCC[Si](C)(C)C.CC1(C)CCN2CC(CC[Si](C)(C)C)C(C)(C)c3cc(C=O)cc1c32.CC1(C)CCN2CC(CC[Si](C)(C)C)C(C)(C)c3cccc1c32.[C-]#[N+]/C(C#N)=C1C=C(/C=C/c2cc3c4c(c2)C(C)(C)C(CC[Si](C)(C)C)CN4CCC3(C)C)OC(C23CCC(C)(CC2)CC3)=C\1. The highest BCUT2D eigenvalue weighted by Crippen LogP contribution is 2.61. The van der Waals surface area contributed by atoms with Crippen LogP contribution in [0.25, 0.3) is 10.9 Å². The number of ether oxygens (including phenoxy) is 1. The average molecular weight is 1460 g/mol. The van der Waals surface area contributed by atoms with Crippen LogP contribution in [0.15, 0.2) is 95.1 Å². The van der Waals surface area contributed by atoms with Crippen molar-refractivity contribution in [3.8, 4) is 6.07 Å². The van der Waals surface area contributed by atoms with E-state index in [0.29, 0.717) is 33.7 Å². The normalized spacial score (nSPS) is 26.0. The van der Waals surface area contributed by atoms with E-state index in [1.54, 1.807) is 16.8 Å². The van der Waals surface area contributed by atoms with Crippen molar-refractivity contribution < 1.29 is 9.53 Å². The second-order valence-corrected chi connectivity index (χ2v) is 65.5. The smallest absolute Gasteiger partial charge is 0.269 e. The highest BCUT2D eigenvalue weighted by atomic mass is 28.3. The van der Waals surface area contributed by atoms with Gasteiger partial charge in [0.2, 0.25) is 0 Å². The van der Waals surface area contributed by atoms with Crippen LogP contribution < -0.4 is 14.7 Å². The van der Waals surface area contributed by atoms with Crippen LogP contribution in [0.2, 0.25) is 103 Å². The molecule has 3 atom stereocenters. The summed E-state index contributed by atoms with van der Waals surface area (Å²) in [6, 6.07) is 24.1. The Balaban J connectivity index is 0.000000180. The Morgan fingerprint density at radius 1 is 0.524 bits per heavy atom. The van der Waals surface area contributed by atoms with E-state index in [9.17, 15) is 10.1 Å². The van der Waals surface area contributed by atoms with Gasteiger partial charge in [0.1, 0.15) is 17.8 Å². The molecule has 10 aliphatic rings. The monoisotopic (exact) mass is 1460 g/mol. The first kappa shape index (κ1) is 82.1. The molecule has 3 fully saturated rings. The molecule has 7 heterocycles. The summed E-state index contributed by atoms with van der Waals surface area (Å²) in [6.45, 7) is 80.4. The molecule has 0 radical (unpaired) electrons. The average Bonchev–Trinajstić information content (AvgIpc) is 0.742. The van der Waals surface area contributed by atoms with Crippen molar-refractivity contribution in [2.75, 3.05) is 54.0 Å². The van der Waals surface area contributed by atoms with E-state index in [0.717, 1.165) is 68.2 Å². The molecule has 13 rings (SSSR count). The lowest BCUT2D eigenvalue weighted by atomic mass is 9.53. The summed E-state index contributed by atoms with van der Waals surface area (Å²) in [5, 5.41) is 9.79. The van der Waals surface area contributed by atoms with Crippen LogP contribution in [-0.2, 0) is 37.2 Å². The summed E-state index contributed by atoms with van der Waals surface area (Å²) in [6.07, 6.45) is 27.5. The maximum atomic E-state index is 11.6. The van der Waals surface area contributed by atoms with Crippen LogP contribution in [0, 0.1) is 46.5 Å². The Labute approximate surface area is 634 Å². The fourth-order valence-corrected chi connectivity index (χ4v) is 23.5. The molecule has 7 aliphatic heterocycles. The molecule has 2 bridgehead atoms. The third-order valence-electron chi connectivity index (χ3n) is 27.1. The molecule has 3 aromatic rings. The first-order chi connectivity index (χ1) is 47.5. The van der Waals surface area contributed by atoms with Gasteiger partial charge in [0.05, 0.1) is 12.6 Å². The van der Waals surface area contributed by atoms with Gasteiger partial charge in [0.25, 0.3) is 5.70 Å². The molecular weight excluding hydrogens is 1320 g/mol. The molecule has 0 N–H and O–H groups in total. The van der Waals surface area contributed by atoms with Gasteiger partial charge in [-0.2, -0.15) is 0 Å². The van der Waals surface area contributed by atoms with Crippen molar-refractivity contribution in [2.24, 2.45) is 28.6 Å². The van der Waals surface area contributed by atoms with Gasteiger partial charge in [-0.25, -0.2) is 10.1 Å². The van der Waals surface area contributed by atoms with Gasteiger partial charge in [0, 0.05) is 99.6 Å². The van der Waals surface area contributed by atoms with E-state index in [1.807, 2.05) is 12.2 Å². The maximum absolute atomic E-state index is 11.6. The fraction of sp³-hybridized carbons (Fsp3) is 0.663. The number of para-hydroxylation sites is 1. The molecule has 3 aliphatic carbocycles. The fourth-order valence-electron chi connectivity index (χ4n) is 18.8. The molecule has 0 amide bonds. The van der Waals surface area contributed by atoms with E-state index < -0.39 is 32.3 Å². The standard InChI is InChI=1S/C40H53N3OSi.C22H35NOSi.C21H35NSi.C9H20Si/c1-37(2)19-20-43-27-30(12-21-45(7,8)9)38(3,4)33-23-28(22-32(37)36(33)43)10-11-31-24-29(34(26-41)42-6)25-35(44-31)40-16-13-39(5,14-17-40)15-18-40;1-21(2)9-10-23-14-17(8-11-25(5,6)7)22(3,4)19-13-16(15-24)12-18(21)20(19)23;1-20(2)12-13-22-15-16(11-14-23(5,6)7)21(3,4)18-10-8-9-17(20)19(18)22;1-9(2)7-6-8-10(3,4)5/h10-11,22-25,30H,12-21,27H2,1-5,7-9H3;12-13,15,17H,8-11,14H2,1-7H3;8-10,16H,11-15H2,1-7H3;7H,6,8H2,1-5H3/b11-10+,34-29+;;;. The maximum Gasteiger partial charge on any atom is 0.269 e. The quantitative estimate of drug-likeness (QED) is 0.0468. The van der Waals surface area contributed by atoms with Crippen LogP contribution in [0.4, 0.5) is 17.1 Å². The van der Waals surface area contributed by atoms with Gasteiger partial charge in [0.15, 0.2) is 0 Å². The van der Waals surface area contributed by atoms with E-state index in [-0.39, 0.29) is 32.8 Å². The summed E-state index contributed by atoms with van der Waals surface area (Å²) in [5.74, 6) is 3.79. The third-order valence-corrected chi connectivity index (χ3v) is 34.3. The van der Waals surface area contributed by atoms with Gasteiger partial charge in [-0.3, -0.25) is 4.79 Å². The number of nitriles is 1. The number of carbonyl (C=O) groups is 1. The lowest BCUT2D eigenvalue weighted by Gasteiger charge is -2.52. The van der Waals surface area contributed by atoms with Crippen molar-refractivity contribution in [3.05, 3.63) is 151 Å². The van der Waals surface area contributed by atoms with Crippen molar-refractivity contribution in [1.82, 2.24) is 0 Å². The van der Waals surface area contributed by atoms with E-state index in [2.05, 4.69) is 269 Å². The summed E-state index contributed by atoms with van der Waals surface area (Å²) in [7, 11) is -3.91. The van der Waals surface area contributed by atoms with Gasteiger partial charge in [-0.1, -0.05) is 248 Å². The summed E-state index contributed by atoms with van der Waals surface area (Å²) < 4.78 is 6.71. The second kappa shape index (κ2) is 30.3. The highest BCUT2D eigenvalue weighted by Gasteiger charge is 2.52. The van der Waals surface area contributed by atoms with Gasteiger partial charge >= 0.3 is 0 Å². The minimum atomic E-state index is -1.13. The number of nitrogens with zero attached hydrogens (tertiary/aromatic N) is 5. The molecular formula is C92H143N5O2Si4. The van der Waals surface area contributed by atoms with Crippen LogP contribution in [0.1, 0.15) is 237 Å². The highest BCUT2D eigenvalue weighted by molar-refractivity contribution is 6.77. The Hall–Kier alpha value is -4.92. The van der Waals surface area contributed by atoms with Crippen LogP contribution in [0.5, 0.6) is 0 Å². The molecule has 0 spiro atoms. The Morgan fingerprint density at radius 3 is 1.32 bits per heavy atom. The minimum Gasteiger partial charge on any atom is -0.461 e. The van der Waals surface area contributed by atoms with Gasteiger partial charge < -0.3 is 19.4 Å². The zero-order valence-electron chi connectivity index (χ0n) is 70.6. The number of allylic oxidation sites excluding steroid dienone is 8. The van der Waals surface area contributed by atoms with Crippen LogP contribution >= 0.6 is 0 Å². The Kier molecular flexibility index (Phi) is 24.1. The van der Waals surface area contributed by atoms with E-state index in [4.69, 9.17) is 11.3 Å². The van der Waals surface area contributed by atoms with Crippen molar-refractivity contribution in [3.63, 3.8) is 0 Å². The third kappa shape index (κ3) is 18.8. The Bertz CT molecular complexity index is 3820. The molecule has 3 unspecified atom stereocenters. The molecule has 0 aromatic heterocycles. The lowest BCUT2D eigenvalue weighted by molar-refractivity contribution is -0.00270. The van der Waals surface area contributed by atoms with Crippen molar-refractivity contribution >= 4 is 61.7 Å². The van der Waals surface area contributed by atoms with Crippen LogP contribution in [0.3, 0.4) is 0 Å². The minimum absolute atomic E-state index is 0.0113.